The largest absolute Gasteiger partial charge is 0.480 e. The van der Waals surface area contributed by atoms with Gasteiger partial charge < -0.3 is 10.1 Å². The van der Waals surface area contributed by atoms with Gasteiger partial charge in [-0.15, -0.1) is 11.8 Å². The monoisotopic (exact) mass is 459 g/mol. The first-order chi connectivity index (χ1) is 14.8. The molecule has 2 N–H and O–H groups in total. The fourth-order valence-corrected chi connectivity index (χ4v) is 5.67. The third-order valence-electron chi connectivity index (χ3n) is 4.85. The molecule has 0 unspecified atom stereocenters. The lowest BCUT2D eigenvalue weighted by Gasteiger charge is -2.15. The van der Waals surface area contributed by atoms with Gasteiger partial charge in [0.25, 0.3) is 15.9 Å². The number of ether oxygens (including phenoxy) is 1. The number of nitrogens with zero attached hydrogens (tertiary/aromatic N) is 3. The summed E-state index contributed by atoms with van der Waals surface area (Å²) in [6.45, 7) is 4.39. The van der Waals surface area contributed by atoms with Crippen molar-refractivity contribution in [1.82, 2.24) is 14.8 Å². The number of sulfonamides is 1. The number of para-hydroxylation sites is 1. The molecular weight excluding hydrogens is 438 g/mol. The van der Waals surface area contributed by atoms with Crippen LogP contribution in [0.25, 0.3) is 0 Å². The van der Waals surface area contributed by atoms with Crippen molar-refractivity contribution in [3.05, 3.63) is 53.3 Å². The summed E-state index contributed by atoms with van der Waals surface area (Å²) < 4.78 is 35.8. The summed E-state index contributed by atoms with van der Waals surface area (Å²) in [6.07, 6.45) is 2.86. The third-order valence-corrected chi connectivity index (χ3v) is 7.29. The number of carbonyl (C=O) groups excluding carboxylic acids is 1. The minimum absolute atomic E-state index is 0.0706. The van der Waals surface area contributed by atoms with E-state index in [0.717, 1.165) is 28.5 Å². The number of pyridine rings is 1. The Bertz CT molecular complexity index is 1250. The van der Waals surface area contributed by atoms with Gasteiger partial charge in [-0.3, -0.25) is 14.2 Å². The standard InChI is InChI=1S/C20H21N5O4S2/c1-12-5-4-6-13(2)17(12)24-31(27,28)16-9-14(10-21-19(16)29-3)23-18(26)15-11-22-25-7-8-30-20(15)25/h4-6,9-11,24H,7-8H2,1-3H3,(H,23,26). The average molecular weight is 460 g/mol. The van der Waals surface area contributed by atoms with E-state index in [-0.39, 0.29) is 22.4 Å². The summed E-state index contributed by atoms with van der Waals surface area (Å²) >= 11 is 1.56. The predicted octanol–water partition coefficient (Wildman–Crippen LogP) is 3.06. The third kappa shape index (κ3) is 4.10. The van der Waals surface area contributed by atoms with Gasteiger partial charge in [-0.05, 0) is 31.0 Å². The number of hydrogen-bond donors (Lipinski definition) is 2. The Morgan fingerprint density at radius 3 is 2.68 bits per heavy atom. The van der Waals surface area contributed by atoms with Crippen molar-refractivity contribution in [2.45, 2.75) is 30.3 Å². The number of rotatable bonds is 6. The van der Waals surface area contributed by atoms with Crippen LogP contribution in [0.1, 0.15) is 21.5 Å². The molecule has 0 fully saturated rings. The number of carbonyl (C=O) groups is 1. The van der Waals surface area contributed by atoms with E-state index < -0.39 is 10.0 Å². The Labute approximate surface area is 184 Å². The minimum Gasteiger partial charge on any atom is -0.480 e. The van der Waals surface area contributed by atoms with Crippen molar-refractivity contribution in [1.29, 1.82) is 0 Å². The highest BCUT2D eigenvalue weighted by molar-refractivity contribution is 7.99. The number of benzene rings is 1. The minimum atomic E-state index is -4.03. The number of anilines is 2. The second kappa shape index (κ2) is 8.23. The molecule has 0 atom stereocenters. The molecule has 162 valence electrons. The van der Waals surface area contributed by atoms with Gasteiger partial charge in [-0.1, -0.05) is 18.2 Å². The molecule has 0 radical (unpaired) electrons. The maximum atomic E-state index is 13.1. The maximum Gasteiger partial charge on any atom is 0.267 e. The quantitative estimate of drug-likeness (QED) is 0.582. The summed E-state index contributed by atoms with van der Waals surface area (Å²) in [5, 5.41) is 7.70. The van der Waals surface area contributed by atoms with Crippen LogP contribution in [0.3, 0.4) is 0 Å². The molecule has 3 aromatic rings. The van der Waals surface area contributed by atoms with E-state index in [4.69, 9.17) is 4.74 Å². The molecule has 1 aliphatic rings. The van der Waals surface area contributed by atoms with E-state index in [1.165, 1.54) is 25.6 Å². The molecule has 9 nitrogen and oxygen atoms in total. The molecule has 4 rings (SSSR count). The molecule has 1 amide bonds. The molecule has 1 aromatic carbocycles. The molecule has 0 aliphatic carbocycles. The van der Waals surface area contributed by atoms with E-state index in [1.807, 2.05) is 32.0 Å². The Kier molecular flexibility index (Phi) is 5.63. The van der Waals surface area contributed by atoms with Gasteiger partial charge >= 0.3 is 0 Å². The number of amides is 1. The smallest absolute Gasteiger partial charge is 0.267 e. The van der Waals surface area contributed by atoms with Crippen LogP contribution in [-0.2, 0) is 16.6 Å². The van der Waals surface area contributed by atoms with Gasteiger partial charge in [0.05, 0.1) is 43.0 Å². The number of hydrogen-bond acceptors (Lipinski definition) is 7. The van der Waals surface area contributed by atoms with Crippen molar-refractivity contribution in [2.24, 2.45) is 0 Å². The topological polar surface area (TPSA) is 115 Å². The average Bonchev–Trinajstić information content (AvgIpc) is 3.34. The number of thioether (sulfide) groups is 1. The van der Waals surface area contributed by atoms with Crippen molar-refractivity contribution in [3.63, 3.8) is 0 Å². The first-order valence-electron chi connectivity index (χ1n) is 9.43. The maximum absolute atomic E-state index is 13.1. The molecule has 0 bridgehead atoms. The SMILES string of the molecule is COc1ncc(NC(=O)c2cnn3c2SCC3)cc1S(=O)(=O)Nc1c(C)cccc1C. The van der Waals surface area contributed by atoms with Crippen LogP contribution >= 0.6 is 11.8 Å². The van der Waals surface area contributed by atoms with Crippen molar-refractivity contribution < 1.29 is 17.9 Å². The molecule has 11 heteroatoms. The lowest BCUT2D eigenvalue weighted by molar-refractivity contribution is 0.102. The van der Waals surface area contributed by atoms with Crippen molar-refractivity contribution >= 4 is 39.1 Å². The second-order valence-electron chi connectivity index (χ2n) is 6.99. The number of aromatic nitrogens is 3. The normalized spacial score (nSPS) is 13.0. The number of methoxy groups -OCH3 is 1. The van der Waals surface area contributed by atoms with Gasteiger partial charge in [0.15, 0.2) is 4.90 Å². The molecule has 3 heterocycles. The van der Waals surface area contributed by atoms with Crippen LogP contribution < -0.4 is 14.8 Å². The fraction of sp³-hybridized carbons (Fsp3) is 0.250. The van der Waals surface area contributed by atoms with Crippen LogP contribution in [0.15, 0.2) is 46.6 Å². The van der Waals surface area contributed by atoms with Crippen molar-refractivity contribution in [2.75, 3.05) is 22.9 Å². The Morgan fingerprint density at radius 1 is 1.23 bits per heavy atom. The van der Waals surface area contributed by atoms with E-state index in [2.05, 4.69) is 20.1 Å². The zero-order chi connectivity index (χ0) is 22.2. The van der Waals surface area contributed by atoms with Crippen LogP contribution in [0.5, 0.6) is 5.88 Å². The zero-order valence-electron chi connectivity index (χ0n) is 17.2. The van der Waals surface area contributed by atoms with E-state index in [1.54, 1.807) is 16.4 Å². The summed E-state index contributed by atoms with van der Waals surface area (Å²) in [4.78, 5) is 16.6. The first kappa shape index (κ1) is 21.2. The number of nitrogens with one attached hydrogen (secondary N) is 2. The highest BCUT2D eigenvalue weighted by Gasteiger charge is 2.25. The lowest BCUT2D eigenvalue weighted by atomic mass is 10.1. The lowest BCUT2D eigenvalue weighted by Crippen LogP contribution is -2.18. The molecule has 0 saturated carbocycles. The molecular formula is C20H21N5O4S2. The van der Waals surface area contributed by atoms with Crippen LogP contribution in [0.4, 0.5) is 11.4 Å². The molecule has 0 saturated heterocycles. The summed E-state index contributed by atoms with van der Waals surface area (Å²) in [6, 6.07) is 6.82. The fourth-order valence-electron chi connectivity index (χ4n) is 3.28. The van der Waals surface area contributed by atoms with Gasteiger partial charge in [0.1, 0.15) is 5.03 Å². The Morgan fingerprint density at radius 2 is 1.97 bits per heavy atom. The van der Waals surface area contributed by atoms with Crippen LogP contribution in [0, 0.1) is 13.8 Å². The summed E-state index contributed by atoms with van der Waals surface area (Å²) in [7, 11) is -2.69. The Balaban J connectivity index is 1.65. The Hall–Kier alpha value is -3.05. The molecule has 1 aliphatic heterocycles. The highest BCUT2D eigenvalue weighted by Crippen LogP contribution is 2.31. The molecule has 0 spiro atoms. The van der Waals surface area contributed by atoms with E-state index in [9.17, 15) is 13.2 Å². The van der Waals surface area contributed by atoms with Gasteiger partial charge in [0, 0.05) is 5.75 Å². The zero-order valence-corrected chi connectivity index (χ0v) is 18.8. The predicted molar refractivity (Wildman–Crippen MR) is 118 cm³/mol. The van der Waals surface area contributed by atoms with Gasteiger partial charge in [-0.2, -0.15) is 5.10 Å². The number of aryl methyl sites for hydroxylation is 3. The molecule has 31 heavy (non-hydrogen) atoms. The van der Waals surface area contributed by atoms with Gasteiger partial charge in [0.2, 0.25) is 5.88 Å². The highest BCUT2D eigenvalue weighted by atomic mass is 32.2. The van der Waals surface area contributed by atoms with Crippen LogP contribution in [-0.4, -0.2) is 42.0 Å². The van der Waals surface area contributed by atoms with Gasteiger partial charge in [-0.25, -0.2) is 13.4 Å². The van der Waals surface area contributed by atoms with E-state index in [0.29, 0.717) is 11.3 Å². The summed E-state index contributed by atoms with van der Waals surface area (Å²) in [5.74, 6) is 0.410. The summed E-state index contributed by atoms with van der Waals surface area (Å²) in [5.41, 5.74) is 2.73. The number of fused-ring (bicyclic) bond motifs is 1. The van der Waals surface area contributed by atoms with Crippen molar-refractivity contribution in [3.8, 4) is 5.88 Å². The first-order valence-corrected chi connectivity index (χ1v) is 11.9. The molecule has 2 aromatic heterocycles. The second-order valence-corrected chi connectivity index (χ2v) is 9.73. The van der Waals surface area contributed by atoms with E-state index >= 15 is 0 Å². The van der Waals surface area contributed by atoms with Crippen LogP contribution in [0.2, 0.25) is 0 Å².